The second kappa shape index (κ2) is 9.02. The first kappa shape index (κ1) is 22.8. The van der Waals surface area contributed by atoms with Crippen molar-refractivity contribution in [3.8, 4) is 11.5 Å². The fraction of sp³-hybridized carbons (Fsp3) is 0.333. The second-order valence-corrected chi connectivity index (χ2v) is 9.19. The minimum Gasteiger partial charge on any atom is -0.497 e. The molecule has 2 heterocycles. The van der Waals surface area contributed by atoms with Crippen molar-refractivity contribution in [2.75, 3.05) is 23.5 Å². The maximum Gasteiger partial charge on any atom is 0.316 e. The molecule has 2 aliphatic heterocycles. The summed E-state index contributed by atoms with van der Waals surface area (Å²) in [5.74, 6) is -1.38. The van der Waals surface area contributed by atoms with Crippen LogP contribution in [0.5, 0.6) is 11.5 Å². The Hall–Kier alpha value is -3.94. The van der Waals surface area contributed by atoms with E-state index in [1.807, 2.05) is 19.1 Å². The van der Waals surface area contributed by atoms with E-state index in [4.69, 9.17) is 9.47 Å². The quantitative estimate of drug-likeness (QED) is 0.286. The van der Waals surface area contributed by atoms with Gasteiger partial charge in [-0.25, -0.2) is 0 Å². The summed E-state index contributed by atoms with van der Waals surface area (Å²) in [5.41, 5.74) is 1.13. The van der Waals surface area contributed by atoms with Gasteiger partial charge in [-0.15, -0.1) is 0 Å². The van der Waals surface area contributed by atoms with Gasteiger partial charge in [0, 0.05) is 24.7 Å². The Morgan fingerprint density at radius 1 is 0.971 bits per heavy atom. The Morgan fingerprint density at radius 2 is 1.74 bits per heavy atom. The van der Waals surface area contributed by atoms with Gasteiger partial charge in [-0.05, 0) is 48.7 Å². The molecule has 0 unspecified atom stereocenters. The minimum atomic E-state index is -0.604. The van der Waals surface area contributed by atoms with E-state index in [2.05, 4.69) is 0 Å². The van der Waals surface area contributed by atoms with Crippen LogP contribution >= 0.6 is 0 Å². The van der Waals surface area contributed by atoms with Gasteiger partial charge < -0.3 is 14.4 Å². The molecule has 5 rings (SSSR count). The third-order valence-electron chi connectivity index (χ3n) is 7.01. The summed E-state index contributed by atoms with van der Waals surface area (Å²) in [7, 11) is 1.55. The van der Waals surface area contributed by atoms with E-state index >= 15 is 0 Å². The normalized spacial score (nSPS) is 25.7. The summed E-state index contributed by atoms with van der Waals surface area (Å²) in [6, 6.07) is 13.5. The van der Waals surface area contributed by atoms with Gasteiger partial charge in [0.15, 0.2) is 0 Å². The zero-order valence-corrected chi connectivity index (χ0v) is 19.5. The van der Waals surface area contributed by atoms with Crippen molar-refractivity contribution in [2.24, 2.45) is 23.7 Å². The SMILES string of the molecule is COc1cccc(N2C[C@H](C(=O)Oc3ccc(N4C(=O)[C@H]5[C@H](C)C=CC[C@H]5C4=O)cc3)CC2=O)c1. The van der Waals surface area contributed by atoms with Crippen molar-refractivity contribution in [2.45, 2.75) is 19.8 Å². The molecule has 3 aliphatic rings. The van der Waals surface area contributed by atoms with E-state index in [9.17, 15) is 19.2 Å². The van der Waals surface area contributed by atoms with Gasteiger partial charge in [-0.3, -0.25) is 24.1 Å². The highest BCUT2D eigenvalue weighted by Gasteiger charge is 2.50. The molecular formula is C27H26N2O6. The maximum atomic E-state index is 13.0. The van der Waals surface area contributed by atoms with E-state index in [1.54, 1.807) is 60.5 Å². The number of carbonyl (C=O) groups excluding carboxylic acids is 4. The van der Waals surface area contributed by atoms with Crippen LogP contribution in [0.25, 0.3) is 0 Å². The lowest BCUT2D eigenvalue weighted by Crippen LogP contribution is -2.31. The molecule has 0 spiro atoms. The standard InChI is InChI=1S/C27H26N2O6/c1-16-5-3-8-22-24(16)26(32)29(25(22)31)18-9-11-20(12-10-18)35-27(33)17-13-23(30)28(15-17)19-6-4-7-21(14-19)34-2/h3-7,9-12,14,16-17,22,24H,8,13,15H2,1-2H3/t16-,17-,22-,24+/m1/s1. The zero-order valence-electron chi connectivity index (χ0n) is 19.5. The molecule has 0 saturated carbocycles. The fourth-order valence-corrected chi connectivity index (χ4v) is 5.16. The minimum absolute atomic E-state index is 0.0149. The summed E-state index contributed by atoms with van der Waals surface area (Å²) in [6.07, 6.45) is 4.58. The first-order chi connectivity index (χ1) is 16.9. The number of imide groups is 1. The monoisotopic (exact) mass is 474 g/mol. The molecule has 180 valence electrons. The van der Waals surface area contributed by atoms with Crippen LogP contribution < -0.4 is 19.3 Å². The second-order valence-electron chi connectivity index (χ2n) is 9.19. The Kier molecular flexibility index (Phi) is 5.88. The smallest absolute Gasteiger partial charge is 0.316 e. The number of fused-ring (bicyclic) bond motifs is 1. The van der Waals surface area contributed by atoms with Crippen LogP contribution in [0.1, 0.15) is 19.8 Å². The summed E-state index contributed by atoms with van der Waals surface area (Å²) in [5, 5.41) is 0. The molecule has 0 radical (unpaired) electrons. The van der Waals surface area contributed by atoms with Gasteiger partial charge in [-0.2, -0.15) is 0 Å². The van der Waals surface area contributed by atoms with Gasteiger partial charge in [0.05, 0.1) is 30.6 Å². The number of nitrogens with zero attached hydrogens (tertiary/aromatic N) is 2. The highest BCUT2D eigenvalue weighted by atomic mass is 16.5. The van der Waals surface area contributed by atoms with E-state index in [0.29, 0.717) is 23.5 Å². The van der Waals surface area contributed by atoms with Crippen LogP contribution in [0.3, 0.4) is 0 Å². The van der Waals surface area contributed by atoms with E-state index < -0.39 is 11.9 Å². The zero-order chi connectivity index (χ0) is 24.7. The van der Waals surface area contributed by atoms with Crippen LogP contribution in [0.15, 0.2) is 60.7 Å². The van der Waals surface area contributed by atoms with Crippen molar-refractivity contribution in [3.63, 3.8) is 0 Å². The predicted molar refractivity (Wildman–Crippen MR) is 128 cm³/mol. The first-order valence-electron chi connectivity index (χ1n) is 11.7. The molecule has 8 nitrogen and oxygen atoms in total. The molecule has 0 aromatic heterocycles. The van der Waals surface area contributed by atoms with Crippen molar-refractivity contribution >= 4 is 35.1 Å². The summed E-state index contributed by atoms with van der Waals surface area (Å²) in [4.78, 5) is 53.9. The number of esters is 1. The van der Waals surface area contributed by atoms with Crippen molar-refractivity contribution in [1.29, 1.82) is 0 Å². The average molecular weight is 475 g/mol. The molecular weight excluding hydrogens is 448 g/mol. The lowest BCUT2D eigenvalue weighted by atomic mass is 9.78. The van der Waals surface area contributed by atoms with Gasteiger partial charge in [0.1, 0.15) is 11.5 Å². The number of ether oxygens (including phenoxy) is 2. The highest BCUT2D eigenvalue weighted by molar-refractivity contribution is 6.22. The third kappa shape index (κ3) is 4.09. The van der Waals surface area contributed by atoms with E-state index in [1.165, 1.54) is 4.90 Å². The number of rotatable bonds is 5. The molecule has 35 heavy (non-hydrogen) atoms. The van der Waals surface area contributed by atoms with Crippen LogP contribution in [0.2, 0.25) is 0 Å². The molecule has 0 N–H and O–H groups in total. The van der Waals surface area contributed by atoms with Crippen LogP contribution in [-0.2, 0) is 19.2 Å². The fourth-order valence-electron chi connectivity index (χ4n) is 5.16. The lowest BCUT2D eigenvalue weighted by molar-refractivity contribution is -0.139. The highest BCUT2D eigenvalue weighted by Crippen LogP contribution is 2.40. The van der Waals surface area contributed by atoms with Crippen molar-refractivity contribution < 1.29 is 28.7 Å². The van der Waals surface area contributed by atoms with Gasteiger partial charge >= 0.3 is 5.97 Å². The number of allylic oxidation sites excluding steroid dienone is 2. The van der Waals surface area contributed by atoms with Crippen molar-refractivity contribution in [1.82, 2.24) is 0 Å². The molecule has 4 atom stereocenters. The number of methoxy groups -OCH3 is 1. The molecule has 2 fully saturated rings. The largest absolute Gasteiger partial charge is 0.497 e. The summed E-state index contributed by atoms with van der Waals surface area (Å²) < 4.78 is 10.7. The van der Waals surface area contributed by atoms with E-state index in [0.717, 1.165) is 0 Å². The molecule has 1 aliphatic carbocycles. The molecule has 2 saturated heterocycles. The van der Waals surface area contributed by atoms with Gasteiger partial charge in [0.25, 0.3) is 0 Å². The number of amides is 3. The molecule has 2 aromatic carbocycles. The number of hydrogen-bond acceptors (Lipinski definition) is 6. The van der Waals surface area contributed by atoms with Crippen LogP contribution in [0.4, 0.5) is 11.4 Å². The molecule has 0 bridgehead atoms. The topological polar surface area (TPSA) is 93.2 Å². The predicted octanol–water partition coefficient (Wildman–Crippen LogP) is 3.36. The average Bonchev–Trinajstić information content (AvgIpc) is 3.38. The molecule has 8 heteroatoms. The number of hydrogen-bond donors (Lipinski definition) is 0. The van der Waals surface area contributed by atoms with Crippen molar-refractivity contribution in [3.05, 3.63) is 60.7 Å². The van der Waals surface area contributed by atoms with Crippen LogP contribution in [0, 0.1) is 23.7 Å². The molecule has 2 aromatic rings. The van der Waals surface area contributed by atoms with Gasteiger partial charge in [-0.1, -0.05) is 25.1 Å². The lowest BCUT2D eigenvalue weighted by Gasteiger charge is -2.22. The summed E-state index contributed by atoms with van der Waals surface area (Å²) >= 11 is 0. The third-order valence-corrected chi connectivity index (χ3v) is 7.01. The van der Waals surface area contributed by atoms with Crippen LogP contribution in [-0.4, -0.2) is 37.3 Å². The van der Waals surface area contributed by atoms with Gasteiger partial charge in [0.2, 0.25) is 17.7 Å². The molecule has 3 amide bonds. The Labute approximate surface area is 203 Å². The number of carbonyl (C=O) groups is 4. The Morgan fingerprint density at radius 3 is 2.46 bits per heavy atom. The van der Waals surface area contributed by atoms with E-state index in [-0.39, 0.29) is 54.2 Å². The maximum absolute atomic E-state index is 13.0. The Balaban J connectivity index is 1.25. The number of benzene rings is 2. The summed E-state index contributed by atoms with van der Waals surface area (Å²) in [6.45, 7) is 2.17. The Bertz CT molecular complexity index is 1220. The number of anilines is 2. The first-order valence-corrected chi connectivity index (χ1v) is 11.7.